The van der Waals surface area contributed by atoms with Crippen LogP contribution in [0.15, 0.2) is 30.3 Å². The molecule has 1 aromatic heterocycles. The number of aromatic nitrogens is 2. The number of nitrogens with zero attached hydrogens (tertiary/aromatic N) is 5. The minimum atomic E-state index is 0.831. The monoisotopic (exact) mass is 355 g/mol. The predicted molar refractivity (Wildman–Crippen MR) is 108 cm³/mol. The summed E-state index contributed by atoms with van der Waals surface area (Å²) < 4.78 is 5.51. The summed E-state index contributed by atoms with van der Waals surface area (Å²) in [5.74, 6) is 2.79. The van der Waals surface area contributed by atoms with Gasteiger partial charge in [0.25, 0.3) is 0 Å². The molecule has 6 heteroatoms. The van der Waals surface area contributed by atoms with Crippen molar-refractivity contribution in [1.82, 2.24) is 9.97 Å². The third kappa shape index (κ3) is 3.84. The fraction of sp³-hybridized carbons (Fsp3) is 0.500. The Labute approximate surface area is 156 Å². The molecule has 6 nitrogen and oxygen atoms in total. The van der Waals surface area contributed by atoms with Crippen LogP contribution < -0.4 is 19.4 Å². The minimum Gasteiger partial charge on any atom is -0.495 e. The SMILES string of the molecule is CCN(CC)c1nc(C)cc(N2CCN(c3ccccc3OC)CC2)n1. The van der Waals surface area contributed by atoms with E-state index >= 15 is 0 Å². The summed E-state index contributed by atoms with van der Waals surface area (Å²) in [4.78, 5) is 16.4. The molecule has 1 aliphatic heterocycles. The van der Waals surface area contributed by atoms with Crippen LogP contribution >= 0.6 is 0 Å². The van der Waals surface area contributed by atoms with Crippen molar-refractivity contribution in [3.05, 3.63) is 36.0 Å². The molecule has 2 aromatic rings. The van der Waals surface area contributed by atoms with Crippen LogP contribution in [0.3, 0.4) is 0 Å². The predicted octanol–water partition coefficient (Wildman–Crippen LogP) is 2.97. The van der Waals surface area contributed by atoms with Crippen molar-refractivity contribution in [2.24, 2.45) is 0 Å². The van der Waals surface area contributed by atoms with Crippen LogP contribution in [0.2, 0.25) is 0 Å². The highest BCUT2D eigenvalue weighted by molar-refractivity contribution is 5.59. The van der Waals surface area contributed by atoms with Crippen LogP contribution in [0.25, 0.3) is 0 Å². The molecule has 26 heavy (non-hydrogen) atoms. The van der Waals surface area contributed by atoms with Gasteiger partial charge in [0.15, 0.2) is 0 Å². The fourth-order valence-corrected chi connectivity index (χ4v) is 3.41. The first kappa shape index (κ1) is 18.3. The van der Waals surface area contributed by atoms with Gasteiger partial charge in [-0.05, 0) is 32.9 Å². The van der Waals surface area contributed by atoms with E-state index in [0.29, 0.717) is 0 Å². The zero-order valence-electron chi connectivity index (χ0n) is 16.3. The molecular formula is C20H29N5O. The molecule has 1 aliphatic rings. The number of ether oxygens (including phenoxy) is 1. The van der Waals surface area contributed by atoms with E-state index in [0.717, 1.165) is 68.2 Å². The number of aryl methyl sites for hydroxylation is 1. The fourth-order valence-electron chi connectivity index (χ4n) is 3.41. The Balaban J connectivity index is 1.74. The maximum atomic E-state index is 5.51. The number of hydrogen-bond donors (Lipinski definition) is 0. The average molecular weight is 355 g/mol. The van der Waals surface area contributed by atoms with Gasteiger partial charge >= 0.3 is 0 Å². The van der Waals surface area contributed by atoms with Gasteiger partial charge in [-0.2, -0.15) is 4.98 Å². The lowest BCUT2D eigenvalue weighted by Crippen LogP contribution is -2.47. The maximum Gasteiger partial charge on any atom is 0.227 e. The molecule has 0 amide bonds. The normalized spacial score (nSPS) is 14.5. The van der Waals surface area contributed by atoms with Crippen LogP contribution in [0, 0.1) is 6.92 Å². The van der Waals surface area contributed by atoms with Gasteiger partial charge in [0.1, 0.15) is 11.6 Å². The van der Waals surface area contributed by atoms with Crippen LogP contribution in [-0.4, -0.2) is 56.3 Å². The first-order valence-electron chi connectivity index (χ1n) is 9.39. The first-order valence-corrected chi connectivity index (χ1v) is 9.39. The number of para-hydroxylation sites is 2. The van der Waals surface area contributed by atoms with Crippen LogP contribution in [-0.2, 0) is 0 Å². The Kier molecular flexibility index (Phi) is 5.81. The highest BCUT2D eigenvalue weighted by atomic mass is 16.5. The molecule has 1 fully saturated rings. The zero-order chi connectivity index (χ0) is 18.5. The molecule has 2 heterocycles. The van der Waals surface area contributed by atoms with Gasteiger partial charge in [-0.15, -0.1) is 0 Å². The van der Waals surface area contributed by atoms with E-state index in [1.54, 1.807) is 7.11 Å². The molecule has 1 aromatic carbocycles. The molecule has 0 unspecified atom stereocenters. The number of rotatable bonds is 6. The topological polar surface area (TPSA) is 44.7 Å². The summed E-state index contributed by atoms with van der Waals surface area (Å²) >= 11 is 0. The summed E-state index contributed by atoms with van der Waals surface area (Å²) in [6.07, 6.45) is 0. The van der Waals surface area contributed by atoms with Crippen molar-refractivity contribution in [1.29, 1.82) is 0 Å². The van der Waals surface area contributed by atoms with Gasteiger partial charge in [0.2, 0.25) is 5.95 Å². The largest absolute Gasteiger partial charge is 0.495 e. The van der Waals surface area contributed by atoms with Crippen molar-refractivity contribution in [2.75, 3.05) is 61.1 Å². The quantitative estimate of drug-likeness (QED) is 0.794. The Hall–Kier alpha value is -2.50. The smallest absolute Gasteiger partial charge is 0.227 e. The van der Waals surface area contributed by atoms with Gasteiger partial charge in [0, 0.05) is 51.0 Å². The van der Waals surface area contributed by atoms with Crippen LogP contribution in [0.5, 0.6) is 5.75 Å². The number of hydrogen-bond acceptors (Lipinski definition) is 6. The lowest BCUT2D eigenvalue weighted by molar-refractivity contribution is 0.413. The maximum absolute atomic E-state index is 5.51. The van der Waals surface area contributed by atoms with Crippen molar-refractivity contribution >= 4 is 17.5 Å². The van der Waals surface area contributed by atoms with E-state index in [4.69, 9.17) is 9.72 Å². The van der Waals surface area contributed by atoms with Gasteiger partial charge in [-0.1, -0.05) is 12.1 Å². The van der Waals surface area contributed by atoms with Crippen molar-refractivity contribution in [3.63, 3.8) is 0 Å². The molecule has 0 saturated carbocycles. The first-order chi connectivity index (χ1) is 12.7. The van der Waals surface area contributed by atoms with E-state index in [9.17, 15) is 0 Å². The second-order valence-corrected chi connectivity index (χ2v) is 6.49. The molecular weight excluding hydrogens is 326 g/mol. The Morgan fingerprint density at radius 3 is 2.31 bits per heavy atom. The summed E-state index contributed by atoms with van der Waals surface area (Å²) in [5, 5.41) is 0. The van der Waals surface area contributed by atoms with Crippen LogP contribution in [0.4, 0.5) is 17.5 Å². The number of methoxy groups -OCH3 is 1. The van der Waals surface area contributed by atoms with E-state index in [1.165, 1.54) is 0 Å². The van der Waals surface area contributed by atoms with E-state index in [-0.39, 0.29) is 0 Å². The minimum absolute atomic E-state index is 0.831. The summed E-state index contributed by atoms with van der Waals surface area (Å²) in [6, 6.07) is 10.3. The number of anilines is 3. The molecule has 0 radical (unpaired) electrons. The van der Waals surface area contributed by atoms with E-state index in [2.05, 4.69) is 51.7 Å². The third-order valence-electron chi connectivity index (χ3n) is 4.90. The Morgan fingerprint density at radius 1 is 1.00 bits per heavy atom. The summed E-state index contributed by atoms with van der Waals surface area (Å²) in [7, 11) is 1.73. The van der Waals surface area contributed by atoms with Gasteiger partial charge < -0.3 is 19.4 Å². The van der Waals surface area contributed by atoms with E-state index in [1.807, 2.05) is 19.1 Å². The summed E-state index contributed by atoms with van der Waals surface area (Å²) in [5.41, 5.74) is 2.18. The Bertz CT molecular complexity index is 724. The molecule has 0 N–H and O–H groups in total. The highest BCUT2D eigenvalue weighted by Crippen LogP contribution is 2.29. The third-order valence-corrected chi connectivity index (χ3v) is 4.90. The molecule has 3 rings (SSSR count). The number of benzene rings is 1. The molecule has 140 valence electrons. The van der Waals surface area contributed by atoms with Crippen molar-refractivity contribution in [3.8, 4) is 5.75 Å². The highest BCUT2D eigenvalue weighted by Gasteiger charge is 2.21. The van der Waals surface area contributed by atoms with Gasteiger partial charge in [0.05, 0.1) is 12.8 Å². The lowest BCUT2D eigenvalue weighted by atomic mass is 10.2. The average Bonchev–Trinajstić information content (AvgIpc) is 2.68. The standard InChI is InChI=1S/C20H29N5O/c1-5-23(6-2)20-21-16(3)15-19(22-20)25-13-11-24(12-14-25)17-9-7-8-10-18(17)26-4/h7-10,15H,5-6,11-14H2,1-4H3. The molecule has 1 saturated heterocycles. The molecule has 0 spiro atoms. The van der Waals surface area contributed by atoms with Crippen molar-refractivity contribution < 1.29 is 4.74 Å². The second kappa shape index (κ2) is 8.25. The molecule has 0 aliphatic carbocycles. The molecule has 0 bridgehead atoms. The lowest BCUT2D eigenvalue weighted by Gasteiger charge is -2.37. The molecule has 0 atom stereocenters. The van der Waals surface area contributed by atoms with Gasteiger partial charge in [-0.25, -0.2) is 4.98 Å². The Morgan fingerprint density at radius 2 is 1.65 bits per heavy atom. The zero-order valence-corrected chi connectivity index (χ0v) is 16.3. The summed E-state index contributed by atoms with van der Waals surface area (Å²) in [6.45, 7) is 11.9. The van der Waals surface area contributed by atoms with Crippen LogP contribution in [0.1, 0.15) is 19.5 Å². The van der Waals surface area contributed by atoms with E-state index < -0.39 is 0 Å². The van der Waals surface area contributed by atoms with Gasteiger partial charge in [-0.3, -0.25) is 0 Å². The van der Waals surface area contributed by atoms with Crippen molar-refractivity contribution in [2.45, 2.75) is 20.8 Å². The number of piperazine rings is 1. The second-order valence-electron chi connectivity index (χ2n) is 6.49.